The van der Waals surface area contributed by atoms with Gasteiger partial charge in [-0.15, -0.1) is 0 Å². The Morgan fingerprint density at radius 2 is 2.13 bits per heavy atom. The second kappa shape index (κ2) is 4.40. The Kier molecular flexibility index (Phi) is 2.97. The van der Waals surface area contributed by atoms with Crippen molar-refractivity contribution in [2.45, 2.75) is 12.5 Å². The second-order valence-corrected chi connectivity index (χ2v) is 3.43. The number of halogens is 1. The van der Waals surface area contributed by atoms with Gasteiger partial charge in [0.1, 0.15) is 11.9 Å². The van der Waals surface area contributed by atoms with Crippen LogP contribution in [0.5, 0.6) is 0 Å². The summed E-state index contributed by atoms with van der Waals surface area (Å²) >= 11 is 0. The molecule has 1 atom stereocenters. The average Bonchev–Trinajstić information content (AvgIpc) is 2.68. The molecule has 0 saturated heterocycles. The van der Waals surface area contributed by atoms with Crippen molar-refractivity contribution in [3.63, 3.8) is 0 Å². The maximum absolute atomic E-state index is 12.7. The second-order valence-electron chi connectivity index (χ2n) is 3.43. The molecule has 1 aromatic rings. The normalized spacial score (nSPS) is 19.9. The smallest absolute Gasteiger partial charge is 0.185 e. The van der Waals surface area contributed by atoms with Crippen LogP contribution in [-0.2, 0) is 4.74 Å². The van der Waals surface area contributed by atoms with E-state index in [1.807, 2.05) is 0 Å². The topological polar surface area (TPSA) is 47.6 Å². The summed E-state index contributed by atoms with van der Waals surface area (Å²) in [6.07, 6.45) is 0.588. The summed E-state index contributed by atoms with van der Waals surface area (Å²) < 4.78 is 18.3. The lowest BCUT2D eigenvalue weighted by atomic mass is 10.1. The van der Waals surface area contributed by atoms with Crippen LogP contribution >= 0.6 is 0 Å². The Morgan fingerprint density at radius 3 is 2.80 bits per heavy atom. The lowest BCUT2D eigenvalue weighted by Gasteiger charge is -2.10. The van der Waals surface area contributed by atoms with Gasteiger partial charge in [-0.1, -0.05) is 12.1 Å². The van der Waals surface area contributed by atoms with E-state index in [1.54, 1.807) is 12.1 Å². The molecule has 80 valence electrons. The molecule has 1 aliphatic rings. The highest BCUT2D eigenvalue weighted by Gasteiger charge is 2.20. The van der Waals surface area contributed by atoms with E-state index < -0.39 is 0 Å². The van der Waals surface area contributed by atoms with Gasteiger partial charge in [-0.2, -0.15) is 0 Å². The van der Waals surface area contributed by atoms with Crippen molar-refractivity contribution in [1.82, 2.24) is 0 Å². The van der Waals surface area contributed by atoms with Gasteiger partial charge in [0.25, 0.3) is 0 Å². The Hall–Kier alpha value is -1.42. The molecule has 4 heteroatoms. The summed E-state index contributed by atoms with van der Waals surface area (Å²) in [7, 11) is 0. The number of aliphatic imine (C=N–C) groups is 1. The van der Waals surface area contributed by atoms with Crippen molar-refractivity contribution in [1.29, 1.82) is 0 Å². The molecule has 0 bridgehead atoms. The van der Waals surface area contributed by atoms with Crippen molar-refractivity contribution >= 4 is 5.90 Å². The van der Waals surface area contributed by atoms with Gasteiger partial charge in [0.2, 0.25) is 0 Å². The highest BCUT2D eigenvalue weighted by molar-refractivity contribution is 5.78. The number of hydrogen-bond donors (Lipinski definition) is 1. The van der Waals surface area contributed by atoms with Crippen molar-refractivity contribution in [2.24, 2.45) is 10.7 Å². The minimum Gasteiger partial charge on any atom is -0.471 e. The van der Waals surface area contributed by atoms with E-state index in [0.29, 0.717) is 25.4 Å². The van der Waals surface area contributed by atoms with Crippen molar-refractivity contribution in [3.8, 4) is 0 Å². The summed E-state index contributed by atoms with van der Waals surface area (Å²) in [6, 6.07) is 6.31. The van der Waals surface area contributed by atoms with Gasteiger partial charge >= 0.3 is 0 Å². The van der Waals surface area contributed by atoms with Gasteiger partial charge in [0.05, 0.1) is 6.54 Å². The van der Waals surface area contributed by atoms with Gasteiger partial charge in [-0.05, 0) is 17.7 Å². The standard InChI is InChI=1S/C11H13FN2O/c12-9-3-1-8(2-4-9)10-7-14-11(15-10)5-6-13/h1-4,10H,5-7,13H2. The zero-order chi connectivity index (χ0) is 10.7. The first-order chi connectivity index (χ1) is 7.29. The zero-order valence-electron chi connectivity index (χ0n) is 8.32. The van der Waals surface area contributed by atoms with E-state index in [0.717, 1.165) is 5.56 Å². The molecule has 0 aromatic heterocycles. The van der Waals surface area contributed by atoms with E-state index in [9.17, 15) is 4.39 Å². The van der Waals surface area contributed by atoms with Gasteiger partial charge < -0.3 is 10.5 Å². The van der Waals surface area contributed by atoms with Crippen molar-refractivity contribution in [3.05, 3.63) is 35.6 Å². The molecule has 1 aromatic carbocycles. The molecule has 0 spiro atoms. The first-order valence-electron chi connectivity index (χ1n) is 4.95. The van der Waals surface area contributed by atoms with Gasteiger partial charge in [-0.25, -0.2) is 4.39 Å². The molecule has 3 nitrogen and oxygen atoms in total. The van der Waals surface area contributed by atoms with Gasteiger partial charge in [0.15, 0.2) is 5.90 Å². The fourth-order valence-corrected chi connectivity index (χ4v) is 1.54. The van der Waals surface area contributed by atoms with E-state index in [-0.39, 0.29) is 11.9 Å². The summed E-state index contributed by atoms with van der Waals surface area (Å²) in [5.74, 6) is 0.465. The monoisotopic (exact) mass is 208 g/mol. The molecule has 2 rings (SSSR count). The molecule has 15 heavy (non-hydrogen) atoms. The largest absolute Gasteiger partial charge is 0.471 e. The maximum Gasteiger partial charge on any atom is 0.185 e. The lowest BCUT2D eigenvalue weighted by Crippen LogP contribution is -2.10. The molecule has 0 saturated carbocycles. The molecule has 0 amide bonds. The van der Waals surface area contributed by atoms with Crippen LogP contribution < -0.4 is 5.73 Å². The summed E-state index contributed by atoms with van der Waals surface area (Å²) in [5, 5.41) is 0. The van der Waals surface area contributed by atoms with Crippen LogP contribution in [0.25, 0.3) is 0 Å². The third kappa shape index (κ3) is 2.33. The van der Waals surface area contributed by atoms with Crippen LogP contribution in [-0.4, -0.2) is 19.0 Å². The molecular weight excluding hydrogens is 195 g/mol. The number of rotatable bonds is 3. The summed E-state index contributed by atoms with van der Waals surface area (Å²) in [6.45, 7) is 1.13. The Labute approximate surface area is 87.8 Å². The van der Waals surface area contributed by atoms with Crippen LogP contribution in [0.15, 0.2) is 29.3 Å². The van der Waals surface area contributed by atoms with E-state index in [2.05, 4.69) is 4.99 Å². The summed E-state index contributed by atoms with van der Waals surface area (Å²) in [5.41, 5.74) is 6.35. The number of hydrogen-bond acceptors (Lipinski definition) is 3. The van der Waals surface area contributed by atoms with Crippen LogP contribution in [0.2, 0.25) is 0 Å². The number of ether oxygens (including phenoxy) is 1. The SMILES string of the molecule is NCCC1=NCC(c2ccc(F)cc2)O1. The Morgan fingerprint density at radius 1 is 1.40 bits per heavy atom. The Balaban J connectivity index is 2.01. The molecule has 2 N–H and O–H groups in total. The van der Waals surface area contributed by atoms with Crippen LogP contribution in [0.3, 0.4) is 0 Å². The predicted octanol–water partition coefficient (Wildman–Crippen LogP) is 1.64. The number of nitrogens with two attached hydrogens (primary N) is 1. The fourth-order valence-electron chi connectivity index (χ4n) is 1.54. The minimum atomic E-state index is -0.236. The lowest BCUT2D eigenvalue weighted by molar-refractivity contribution is 0.224. The number of nitrogens with zero attached hydrogens (tertiary/aromatic N) is 1. The molecule has 0 fully saturated rings. The summed E-state index contributed by atoms with van der Waals surface area (Å²) in [4.78, 5) is 4.23. The minimum absolute atomic E-state index is 0.0767. The maximum atomic E-state index is 12.7. The third-order valence-electron chi connectivity index (χ3n) is 2.31. The van der Waals surface area contributed by atoms with E-state index >= 15 is 0 Å². The third-order valence-corrected chi connectivity index (χ3v) is 2.31. The van der Waals surface area contributed by atoms with Crippen LogP contribution in [0, 0.1) is 5.82 Å². The zero-order valence-corrected chi connectivity index (χ0v) is 8.32. The molecule has 0 radical (unpaired) electrons. The van der Waals surface area contributed by atoms with Crippen molar-refractivity contribution < 1.29 is 9.13 Å². The first kappa shape index (κ1) is 10.1. The molecule has 1 heterocycles. The molecular formula is C11H13FN2O. The predicted molar refractivity (Wildman–Crippen MR) is 56.2 cm³/mol. The van der Waals surface area contributed by atoms with Gasteiger partial charge in [-0.3, -0.25) is 4.99 Å². The van der Waals surface area contributed by atoms with Gasteiger partial charge in [0, 0.05) is 13.0 Å². The van der Waals surface area contributed by atoms with Crippen molar-refractivity contribution in [2.75, 3.05) is 13.1 Å². The highest BCUT2D eigenvalue weighted by atomic mass is 19.1. The fraction of sp³-hybridized carbons (Fsp3) is 0.364. The number of benzene rings is 1. The van der Waals surface area contributed by atoms with Crippen LogP contribution in [0.4, 0.5) is 4.39 Å². The first-order valence-corrected chi connectivity index (χ1v) is 4.95. The molecule has 1 unspecified atom stereocenters. The van der Waals surface area contributed by atoms with E-state index in [4.69, 9.17) is 10.5 Å². The molecule has 0 aliphatic carbocycles. The Bertz CT molecular complexity index is 361. The quantitative estimate of drug-likeness (QED) is 0.820. The molecule has 1 aliphatic heterocycles. The highest BCUT2D eigenvalue weighted by Crippen LogP contribution is 2.23. The van der Waals surface area contributed by atoms with E-state index in [1.165, 1.54) is 12.1 Å². The van der Waals surface area contributed by atoms with Crippen LogP contribution in [0.1, 0.15) is 18.1 Å². The average molecular weight is 208 g/mol.